The number of fused-ring (bicyclic) bond motifs is 1. The maximum absolute atomic E-state index is 11.9. The van der Waals surface area contributed by atoms with Crippen LogP contribution in [0.15, 0.2) is 0 Å². The quantitative estimate of drug-likeness (QED) is 0.753. The molecule has 0 aliphatic carbocycles. The van der Waals surface area contributed by atoms with Gasteiger partial charge in [0.15, 0.2) is 0 Å². The largest absolute Gasteiger partial charge is 0.394 e. The third-order valence-corrected chi connectivity index (χ3v) is 4.08. The SMILES string of the molecule is CC[C@@H]1CC[C@@H](CO)N2C(=O)CCC[C@@H]12. The van der Waals surface area contributed by atoms with Gasteiger partial charge in [-0.3, -0.25) is 4.79 Å². The van der Waals surface area contributed by atoms with E-state index >= 15 is 0 Å². The number of aliphatic hydroxyl groups is 1. The van der Waals surface area contributed by atoms with Crippen LogP contribution in [-0.2, 0) is 4.79 Å². The Balaban J connectivity index is 2.16. The molecule has 0 spiro atoms. The monoisotopic (exact) mass is 211 g/mol. The molecule has 1 N–H and O–H groups in total. The minimum absolute atomic E-state index is 0.102. The first-order valence-electron chi connectivity index (χ1n) is 6.20. The van der Waals surface area contributed by atoms with Gasteiger partial charge >= 0.3 is 0 Å². The Labute approximate surface area is 91.5 Å². The van der Waals surface area contributed by atoms with Gasteiger partial charge in [-0.2, -0.15) is 0 Å². The molecule has 2 fully saturated rings. The predicted molar refractivity (Wildman–Crippen MR) is 58.4 cm³/mol. The standard InChI is InChI=1S/C12H21NO2/c1-2-9-6-7-10(8-14)13-11(9)4-3-5-12(13)15/h9-11,14H,2-8H2,1H3/t9-,10+,11+/m1/s1. The molecule has 3 nitrogen and oxygen atoms in total. The number of carbonyl (C=O) groups is 1. The molecule has 0 aromatic carbocycles. The molecule has 0 saturated carbocycles. The average molecular weight is 211 g/mol. The number of amides is 1. The number of piperidine rings is 2. The van der Waals surface area contributed by atoms with Crippen molar-refractivity contribution in [2.45, 2.75) is 57.5 Å². The summed E-state index contributed by atoms with van der Waals surface area (Å²) in [7, 11) is 0. The van der Waals surface area contributed by atoms with Crippen LogP contribution >= 0.6 is 0 Å². The Bertz CT molecular complexity index is 242. The summed E-state index contributed by atoms with van der Waals surface area (Å²) in [5.41, 5.74) is 0. The van der Waals surface area contributed by atoms with E-state index in [0.717, 1.165) is 25.7 Å². The van der Waals surface area contributed by atoms with Crippen LogP contribution in [0.4, 0.5) is 0 Å². The third kappa shape index (κ3) is 1.89. The van der Waals surface area contributed by atoms with Gasteiger partial charge in [0, 0.05) is 12.5 Å². The molecule has 2 heterocycles. The Morgan fingerprint density at radius 3 is 2.87 bits per heavy atom. The van der Waals surface area contributed by atoms with E-state index in [1.165, 1.54) is 6.42 Å². The Morgan fingerprint density at radius 1 is 1.40 bits per heavy atom. The van der Waals surface area contributed by atoms with E-state index in [-0.39, 0.29) is 18.6 Å². The van der Waals surface area contributed by atoms with Crippen molar-refractivity contribution in [3.8, 4) is 0 Å². The minimum Gasteiger partial charge on any atom is -0.394 e. The van der Waals surface area contributed by atoms with Gasteiger partial charge < -0.3 is 10.0 Å². The predicted octanol–water partition coefficient (Wildman–Crippen LogP) is 1.55. The highest BCUT2D eigenvalue weighted by molar-refractivity contribution is 5.77. The van der Waals surface area contributed by atoms with Crippen LogP contribution in [0.1, 0.15) is 45.4 Å². The van der Waals surface area contributed by atoms with Gasteiger partial charge in [0.05, 0.1) is 12.6 Å². The van der Waals surface area contributed by atoms with Crippen LogP contribution in [-0.4, -0.2) is 34.6 Å². The fraction of sp³-hybridized carbons (Fsp3) is 0.917. The number of rotatable bonds is 2. The van der Waals surface area contributed by atoms with Gasteiger partial charge in [-0.1, -0.05) is 13.3 Å². The second kappa shape index (κ2) is 4.52. The fourth-order valence-corrected chi connectivity index (χ4v) is 3.25. The summed E-state index contributed by atoms with van der Waals surface area (Å²) in [5, 5.41) is 9.31. The number of hydrogen-bond acceptors (Lipinski definition) is 2. The topological polar surface area (TPSA) is 40.5 Å². The molecule has 0 radical (unpaired) electrons. The minimum atomic E-state index is 0.102. The Hall–Kier alpha value is -0.570. The maximum atomic E-state index is 11.9. The van der Waals surface area contributed by atoms with Crippen LogP contribution in [0.5, 0.6) is 0 Å². The van der Waals surface area contributed by atoms with E-state index in [9.17, 15) is 9.90 Å². The molecule has 15 heavy (non-hydrogen) atoms. The molecule has 0 unspecified atom stereocenters. The van der Waals surface area contributed by atoms with Crippen LogP contribution in [0.25, 0.3) is 0 Å². The van der Waals surface area contributed by atoms with Gasteiger partial charge in [-0.05, 0) is 31.6 Å². The van der Waals surface area contributed by atoms with E-state index in [1.54, 1.807) is 0 Å². The first-order chi connectivity index (χ1) is 7.27. The van der Waals surface area contributed by atoms with Crippen molar-refractivity contribution in [1.82, 2.24) is 4.90 Å². The van der Waals surface area contributed by atoms with E-state index < -0.39 is 0 Å². The van der Waals surface area contributed by atoms with Gasteiger partial charge in [-0.15, -0.1) is 0 Å². The fourth-order valence-electron chi connectivity index (χ4n) is 3.25. The van der Waals surface area contributed by atoms with Crippen LogP contribution in [0.2, 0.25) is 0 Å². The first-order valence-corrected chi connectivity index (χ1v) is 6.20. The summed E-state index contributed by atoms with van der Waals surface area (Å²) in [6.07, 6.45) is 6.18. The lowest BCUT2D eigenvalue weighted by atomic mass is 9.79. The lowest BCUT2D eigenvalue weighted by molar-refractivity contribution is -0.146. The van der Waals surface area contributed by atoms with Crippen molar-refractivity contribution in [2.24, 2.45) is 5.92 Å². The van der Waals surface area contributed by atoms with E-state index in [2.05, 4.69) is 6.92 Å². The second-order valence-corrected chi connectivity index (χ2v) is 4.84. The Morgan fingerprint density at radius 2 is 2.20 bits per heavy atom. The zero-order valence-electron chi connectivity index (χ0n) is 9.48. The van der Waals surface area contributed by atoms with Crippen molar-refractivity contribution in [3.63, 3.8) is 0 Å². The molecule has 0 bridgehead atoms. The summed E-state index contributed by atoms with van der Waals surface area (Å²) in [5.74, 6) is 0.931. The molecule has 3 atom stereocenters. The molecule has 2 aliphatic rings. The Kier molecular flexibility index (Phi) is 3.29. The highest BCUT2D eigenvalue weighted by Crippen LogP contribution is 2.36. The average Bonchev–Trinajstić information content (AvgIpc) is 2.28. The number of nitrogens with zero attached hydrogens (tertiary/aromatic N) is 1. The summed E-state index contributed by atoms with van der Waals surface area (Å²) < 4.78 is 0. The lowest BCUT2D eigenvalue weighted by Crippen LogP contribution is -2.56. The van der Waals surface area contributed by atoms with Crippen molar-refractivity contribution in [2.75, 3.05) is 6.61 Å². The highest BCUT2D eigenvalue weighted by Gasteiger charge is 2.40. The smallest absolute Gasteiger partial charge is 0.223 e. The molecule has 1 amide bonds. The van der Waals surface area contributed by atoms with E-state index in [0.29, 0.717) is 18.4 Å². The summed E-state index contributed by atoms with van der Waals surface area (Å²) >= 11 is 0. The van der Waals surface area contributed by atoms with Crippen molar-refractivity contribution < 1.29 is 9.90 Å². The first kappa shape index (κ1) is 10.9. The number of hydrogen-bond donors (Lipinski definition) is 1. The normalized spacial score (nSPS) is 36.5. The highest BCUT2D eigenvalue weighted by atomic mass is 16.3. The molecule has 86 valence electrons. The lowest BCUT2D eigenvalue weighted by Gasteiger charge is -2.48. The maximum Gasteiger partial charge on any atom is 0.223 e. The van der Waals surface area contributed by atoms with Crippen molar-refractivity contribution >= 4 is 5.91 Å². The third-order valence-electron chi connectivity index (χ3n) is 4.08. The van der Waals surface area contributed by atoms with Gasteiger partial charge in [-0.25, -0.2) is 0 Å². The molecule has 3 heteroatoms. The molecular formula is C12H21NO2. The van der Waals surface area contributed by atoms with Crippen LogP contribution in [0, 0.1) is 5.92 Å². The van der Waals surface area contributed by atoms with Crippen molar-refractivity contribution in [3.05, 3.63) is 0 Å². The van der Waals surface area contributed by atoms with Gasteiger partial charge in [0.1, 0.15) is 0 Å². The summed E-state index contributed by atoms with van der Waals surface area (Å²) in [4.78, 5) is 13.9. The van der Waals surface area contributed by atoms with E-state index in [4.69, 9.17) is 0 Å². The van der Waals surface area contributed by atoms with Crippen LogP contribution < -0.4 is 0 Å². The molecule has 2 aliphatic heterocycles. The number of aliphatic hydroxyl groups excluding tert-OH is 1. The van der Waals surface area contributed by atoms with Crippen molar-refractivity contribution in [1.29, 1.82) is 0 Å². The molecule has 0 aromatic rings. The van der Waals surface area contributed by atoms with E-state index in [1.807, 2.05) is 4.90 Å². The number of carbonyl (C=O) groups excluding carboxylic acids is 1. The second-order valence-electron chi connectivity index (χ2n) is 4.84. The summed E-state index contributed by atoms with van der Waals surface area (Å²) in [6, 6.07) is 0.521. The summed E-state index contributed by atoms with van der Waals surface area (Å²) in [6.45, 7) is 2.35. The molecule has 2 rings (SSSR count). The molecule has 0 aromatic heterocycles. The van der Waals surface area contributed by atoms with Crippen LogP contribution in [0.3, 0.4) is 0 Å². The van der Waals surface area contributed by atoms with Gasteiger partial charge in [0.25, 0.3) is 0 Å². The van der Waals surface area contributed by atoms with Gasteiger partial charge in [0.2, 0.25) is 5.91 Å². The molecule has 2 saturated heterocycles. The molecular weight excluding hydrogens is 190 g/mol. The zero-order valence-corrected chi connectivity index (χ0v) is 9.48. The zero-order chi connectivity index (χ0) is 10.8.